The maximum absolute atomic E-state index is 7.51. The summed E-state index contributed by atoms with van der Waals surface area (Å²) < 4.78 is 0. The Balaban J connectivity index is 0.000000317. The molecule has 0 aromatic heterocycles. The van der Waals surface area contributed by atoms with Crippen LogP contribution in [0.1, 0.15) is 0 Å². The van der Waals surface area contributed by atoms with Crippen LogP contribution in [0.5, 0.6) is 0 Å². The van der Waals surface area contributed by atoms with Gasteiger partial charge in [-0.2, -0.15) is 5.26 Å². The molecule has 0 radical (unpaired) electrons. The van der Waals surface area contributed by atoms with E-state index >= 15 is 0 Å². The minimum absolute atomic E-state index is 0.805. The summed E-state index contributed by atoms with van der Waals surface area (Å²) >= 11 is 0. The number of hydrogen-bond acceptors (Lipinski definition) is 2. The van der Waals surface area contributed by atoms with E-state index in [0.717, 1.165) is 5.69 Å². The Labute approximate surface area is 102 Å². The van der Waals surface area contributed by atoms with Gasteiger partial charge < -0.3 is 5.73 Å². The number of allylic oxidation sites excluding steroid dienone is 1. The fraction of sp³-hybridized carbons (Fsp3) is 0. The predicted octanol–water partition coefficient (Wildman–Crippen LogP) is 3.63. The minimum atomic E-state index is 0.805. The van der Waals surface area contributed by atoms with Crippen LogP contribution in [0.15, 0.2) is 67.3 Å². The number of anilines is 1. The van der Waals surface area contributed by atoms with E-state index in [4.69, 9.17) is 11.0 Å². The standard InChI is InChI=1S/C12H11N.C3H3N/c13-12-8-6-11(7-9-12)10-4-2-1-3-5-10;1-2-3-4/h1-9H,13H2;2H,1H2. The lowest BCUT2D eigenvalue weighted by atomic mass is 10.1. The molecule has 0 aliphatic rings. The van der Waals surface area contributed by atoms with Gasteiger partial charge in [0.05, 0.1) is 6.07 Å². The molecule has 2 aromatic carbocycles. The van der Waals surface area contributed by atoms with Gasteiger partial charge >= 0.3 is 0 Å². The molecule has 0 amide bonds. The first-order valence-electron chi connectivity index (χ1n) is 5.19. The zero-order chi connectivity index (χ0) is 12.5. The van der Waals surface area contributed by atoms with Crippen LogP contribution in [0.4, 0.5) is 5.69 Å². The summed E-state index contributed by atoms with van der Waals surface area (Å²) in [6.45, 7) is 3.12. The maximum atomic E-state index is 7.51. The fourth-order valence-corrected chi connectivity index (χ4v) is 1.31. The molecule has 0 heterocycles. The van der Waals surface area contributed by atoms with Gasteiger partial charge in [0.15, 0.2) is 0 Å². The van der Waals surface area contributed by atoms with Crippen molar-refractivity contribution in [3.05, 3.63) is 67.3 Å². The van der Waals surface area contributed by atoms with E-state index in [1.807, 2.05) is 42.5 Å². The molecule has 0 aliphatic heterocycles. The van der Waals surface area contributed by atoms with Crippen LogP contribution in [0.25, 0.3) is 11.1 Å². The molecule has 0 bridgehead atoms. The van der Waals surface area contributed by atoms with Crippen molar-refractivity contribution in [2.45, 2.75) is 0 Å². The average Bonchev–Trinajstić information content (AvgIpc) is 2.41. The number of nitriles is 1. The molecule has 0 aliphatic carbocycles. The normalized spacial score (nSPS) is 8.41. The van der Waals surface area contributed by atoms with Gasteiger partial charge in [-0.05, 0) is 23.3 Å². The Kier molecular flexibility index (Phi) is 5.06. The summed E-state index contributed by atoms with van der Waals surface area (Å²) in [5.41, 5.74) is 8.84. The number of hydrogen-bond donors (Lipinski definition) is 1. The van der Waals surface area contributed by atoms with Gasteiger partial charge in [0.2, 0.25) is 0 Å². The molecule has 2 N–H and O–H groups in total. The van der Waals surface area contributed by atoms with Gasteiger partial charge in [0, 0.05) is 11.8 Å². The second kappa shape index (κ2) is 6.86. The number of nitrogens with two attached hydrogens (primary N) is 1. The van der Waals surface area contributed by atoms with Crippen molar-refractivity contribution in [2.24, 2.45) is 0 Å². The third-order valence-corrected chi connectivity index (χ3v) is 2.11. The lowest BCUT2D eigenvalue weighted by Crippen LogP contribution is -1.83. The summed E-state index contributed by atoms with van der Waals surface area (Å²) in [5.74, 6) is 0. The summed E-state index contributed by atoms with van der Waals surface area (Å²) in [6, 6.07) is 19.9. The van der Waals surface area contributed by atoms with Gasteiger partial charge in [-0.25, -0.2) is 0 Å². The van der Waals surface area contributed by atoms with E-state index in [2.05, 4.69) is 18.7 Å². The number of benzene rings is 2. The summed E-state index contributed by atoms with van der Waals surface area (Å²) in [7, 11) is 0. The maximum Gasteiger partial charge on any atom is 0.0905 e. The quantitative estimate of drug-likeness (QED) is 0.591. The van der Waals surface area contributed by atoms with E-state index in [9.17, 15) is 0 Å². The van der Waals surface area contributed by atoms with E-state index in [1.165, 1.54) is 17.2 Å². The first-order valence-corrected chi connectivity index (χ1v) is 5.19. The van der Waals surface area contributed by atoms with Crippen LogP contribution in [0, 0.1) is 11.3 Å². The molecule has 0 unspecified atom stereocenters. The highest BCUT2D eigenvalue weighted by Gasteiger charge is 1.94. The summed E-state index contributed by atoms with van der Waals surface area (Å²) in [5, 5.41) is 7.51. The fourth-order valence-electron chi connectivity index (χ4n) is 1.31. The Bertz CT molecular complexity index is 493. The molecule has 0 saturated heterocycles. The molecular formula is C15H14N2. The lowest BCUT2D eigenvalue weighted by molar-refractivity contribution is 1.54. The van der Waals surface area contributed by atoms with Crippen molar-refractivity contribution < 1.29 is 0 Å². The first-order chi connectivity index (χ1) is 8.27. The monoisotopic (exact) mass is 222 g/mol. The molecule has 0 atom stereocenters. The van der Waals surface area contributed by atoms with Crippen molar-refractivity contribution >= 4 is 5.69 Å². The highest BCUT2D eigenvalue weighted by molar-refractivity contribution is 5.65. The Morgan fingerprint density at radius 1 is 0.941 bits per heavy atom. The summed E-state index contributed by atoms with van der Waals surface area (Å²) in [4.78, 5) is 0. The molecule has 2 aromatic rings. The van der Waals surface area contributed by atoms with Crippen molar-refractivity contribution in [2.75, 3.05) is 5.73 Å². The van der Waals surface area contributed by atoms with Crippen LogP contribution in [-0.2, 0) is 0 Å². The molecule has 0 spiro atoms. The van der Waals surface area contributed by atoms with Crippen molar-refractivity contribution in [1.82, 2.24) is 0 Å². The highest BCUT2D eigenvalue weighted by Crippen LogP contribution is 2.19. The molecule has 2 nitrogen and oxygen atoms in total. The van der Waals surface area contributed by atoms with Gasteiger partial charge in [-0.3, -0.25) is 0 Å². The smallest absolute Gasteiger partial charge is 0.0905 e. The van der Waals surface area contributed by atoms with E-state index in [1.54, 1.807) is 6.07 Å². The van der Waals surface area contributed by atoms with Gasteiger partial charge in [0.1, 0.15) is 0 Å². The first kappa shape index (κ1) is 12.5. The molecule has 84 valence electrons. The highest BCUT2D eigenvalue weighted by atomic mass is 14.5. The van der Waals surface area contributed by atoms with Gasteiger partial charge in [0.25, 0.3) is 0 Å². The Morgan fingerprint density at radius 2 is 1.41 bits per heavy atom. The molecule has 2 heteroatoms. The van der Waals surface area contributed by atoms with E-state index in [-0.39, 0.29) is 0 Å². The van der Waals surface area contributed by atoms with Gasteiger partial charge in [-0.15, -0.1) is 0 Å². The third-order valence-electron chi connectivity index (χ3n) is 2.11. The van der Waals surface area contributed by atoms with Crippen LogP contribution in [0.3, 0.4) is 0 Å². The molecular weight excluding hydrogens is 208 g/mol. The predicted molar refractivity (Wildman–Crippen MR) is 72.1 cm³/mol. The van der Waals surface area contributed by atoms with Crippen LogP contribution >= 0.6 is 0 Å². The zero-order valence-corrected chi connectivity index (χ0v) is 9.51. The molecule has 0 fully saturated rings. The second-order valence-corrected chi connectivity index (χ2v) is 3.32. The Morgan fingerprint density at radius 3 is 1.88 bits per heavy atom. The van der Waals surface area contributed by atoms with Crippen molar-refractivity contribution in [3.8, 4) is 17.2 Å². The Hall–Kier alpha value is -2.53. The number of rotatable bonds is 1. The zero-order valence-electron chi connectivity index (χ0n) is 9.51. The van der Waals surface area contributed by atoms with E-state index in [0.29, 0.717) is 0 Å². The SMILES string of the molecule is C=CC#N.Nc1ccc(-c2ccccc2)cc1. The number of nitrogens with zero attached hydrogens (tertiary/aromatic N) is 1. The minimum Gasteiger partial charge on any atom is -0.399 e. The molecule has 17 heavy (non-hydrogen) atoms. The van der Waals surface area contributed by atoms with Gasteiger partial charge in [-0.1, -0.05) is 49.0 Å². The van der Waals surface area contributed by atoms with Crippen LogP contribution in [-0.4, -0.2) is 0 Å². The average molecular weight is 222 g/mol. The van der Waals surface area contributed by atoms with Crippen molar-refractivity contribution in [3.63, 3.8) is 0 Å². The lowest BCUT2D eigenvalue weighted by Gasteiger charge is -2.00. The van der Waals surface area contributed by atoms with Crippen LogP contribution < -0.4 is 5.73 Å². The van der Waals surface area contributed by atoms with E-state index < -0.39 is 0 Å². The molecule has 2 rings (SSSR count). The largest absolute Gasteiger partial charge is 0.399 e. The second-order valence-electron chi connectivity index (χ2n) is 3.32. The van der Waals surface area contributed by atoms with Crippen LogP contribution in [0.2, 0.25) is 0 Å². The third kappa shape index (κ3) is 4.23. The topological polar surface area (TPSA) is 49.8 Å². The van der Waals surface area contributed by atoms with Crippen molar-refractivity contribution in [1.29, 1.82) is 5.26 Å². The summed E-state index contributed by atoms with van der Waals surface area (Å²) in [6.07, 6.45) is 1.18. The number of nitrogen functional groups attached to an aromatic ring is 1. The molecule has 0 saturated carbocycles.